The van der Waals surface area contributed by atoms with E-state index in [2.05, 4.69) is 28.6 Å². The lowest BCUT2D eigenvalue weighted by Gasteiger charge is -2.29. The molecule has 2 aliphatic heterocycles. The highest BCUT2D eigenvalue weighted by Crippen LogP contribution is 2.39. The molecule has 2 aromatic rings. The Morgan fingerprint density at radius 3 is 2.74 bits per heavy atom. The fourth-order valence-corrected chi connectivity index (χ4v) is 5.25. The second kappa shape index (κ2) is 10.5. The van der Waals surface area contributed by atoms with E-state index in [0.29, 0.717) is 41.2 Å². The Kier molecular flexibility index (Phi) is 7.43. The average molecular weight is 543 g/mol. The average Bonchev–Trinajstić information content (AvgIpc) is 3.09. The van der Waals surface area contributed by atoms with Gasteiger partial charge in [-0.05, 0) is 69.0 Å². The summed E-state index contributed by atoms with van der Waals surface area (Å²) in [5, 5.41) is -0.459. The second-order valence-corrected chi connectivity index (χ2v) is 9.58. The maximum Gasteiger partial charge on any atom is 0.294 e. The number of hydrogen-bond acceptors (Lipinski definition) is 6. The van der Waals surface area contributed by atoms with Crippen LogP contribution in [-0.4, -0.2) is 53.7 Å². The summed E-state index contributed by atoms with van der Waals surface area (Å²) in [6, 6.07) is 11.5. The van der Waals surface area contributed by atoms with Crippen LogP contribution in [0.15, 0.2) is 58.4 Å². The number of carbonyl (C=O) groups is 3. The third kappa shape index (κ3) is 5.05. The molecule has 9 heteroatoms. The summed E-state index contributed by atoms with van der Waals surface area (Å²) < 4.78 is 11.7. The van der Waals surface area contributed by atoms with Crippen LogP contribution in [0, 0.1) is 0 Å². The number of thioether (sulfide) groups is 1. The van der Waals surface area contributed by atoms with Crippen LogP contribution in [0.2, 0.25) is 0 Å². The molecule has 0 spiro atoms. The van der Waals surface area contributed by atoms with Crippen LogP contribution in [0.5, 0.6) is 11.5 Å². The van der Waals surface area contributed by atoms with Crippen LogP contribution >= 0.6 is 27.7 Å². The van der Waals surface area contributed by atoms with E-state index >= 15 is 0 Å². The van der Waals surface area contributed by atoms with Gasteiger partial charge < -0.3 is 14.4 Å². The number of nitrogens with zero attached hydrogens (tertiary/aromatic N) is 2. The smallest absolute Gasteiger partial charge is 0.294 e. The Labute approximate surface area is 210 Å². The number of ether oxygens (including phenoxy) is 2. The Balaban J connectivity index is 1.48. The summed E-state index contributed by atoms with van der Waals surface area (Å²) in [7, 11) is 1.52. The number of imide groups is 1. The van der Waals surface area contributed by atoms with Crippen molar-refractivity contribution < 1.29 is 23.9 Å². The van der Waals surface area contributed by atoms with Crippen molar-refractivity contribution in [3.8, 4) is 11.5 Å². The molecule has 0 bridgehead atoms. The van der Waals surface area contributed by atoms with Gasteiger partial charge >= 0.3 is 0 Å². The van der Waals surface area contributed by atoms with Gasteiger partial charge in [-0.3, -0.25) is 19.3 Å². The zero-order valence-electron chi connectivity index (χ0n) is 18.6. The Morgan fingerprint density at radius 2 is 2.00 bits per heavy atom. The van der Waals surface area contributed by atoms with Crippen LogP contribution < -0.4 is 9.47 Å². The van der Waals surface area contributed by atoms with Crippen molar-refractivity contribution >= 4 is 50.8 Å². The third-order valence-corrected chi connectivity index (χ3v) is 7.04. The first-order valence-corrected chi connectivity index (χ1v) is 12.2. The number of fused-ring (bicyclic) bond motifs is 1. The molecule has 34 heavy (non-hydrogen) atoms. The second-order valence-electron chi connectivity index (χ2n) is 7.74. The summed E-state index contributed by atoms with van der Waals surface area (Å²) in [5.74, 6) is 0.262. The number of halogens is 1. The highest BCUT2D eigenvalue weighted by molar-refractivity contribution is 9.10. The van der Waals surface area contributed by atoms with Crippen LogP contribution in [0.25, 0.3) is 6.08 Å². The monoisotopic (exact) mass is 542 g/mol. The molecule has 0 atom stereocenters. The summed E-state index contributed by atoms with van der Waals surface area (Å²) >= 11 is 4.28. The zero-order valence-corrected chi connectivity index (χ0v) is 21.0. The molecule has 0 aromatic heterocycles. The summed E-state index contributed by atoms with van der Waals surface area (Å²) in [6.07, 6.45) is 3.99. The molecule has 2 heterocycles. The van der Waals surface area contributed by atoms with E-state index in [4.69, 9.17) is 9.47 Å². The maximum atomic E-state index is 13.0. The first kappa shape index (κ1) is 24.1. The van der Waals surface area contributed by atoms with Gasteiger partial charge in [0, 0.05) is 13.1 Å². The SMILES string of the molecule is C=CCOc1c(Br)cc(/C=C2\SC(=O)N(CC(=O)N3CCc4ccccc4C3)C2=O)cc1OC. The fourth-order valence-electron chi connectivity index (χ4n) is 3.84. The van der Waals surface area contributed by atoms with Gasteiger partial charge in [-0.1, -0.05) is 36.9 Å². The van der Waals surface area contributed by atoms with Gasteiger partial charge in [-0.2, -0.15) is 0 Å². The van der Waals surface area contributed by atoms with Gasteiger partial charge in [-0.25, -0.2) is 0 Å². The largest absolute Gasteiger partial charge is 0.493 e. The van der Waals surface area contributed by atoms with Crippen molar-refractivity contribution in [2.75, 3.05) is 26.8 Å². The molecule has 0 N–H and O–H groups in total. The zero-order chi connectivity index (χ0) is 24.2. The highest BCUT2D eigenvalue weighted by atomic mass is 79.9. The van der Waals surface area contributed by atoms with Gasteiger partial charge in [0.1, 0.15) is 13.2 Å². The molecule has 0 aliphatic carbocycles. The van der Waals surface area contributed by atoms with Crippen LogP contribution in [-0.2, 0) is 22.6 Å². The maximum absolute atomic E-state index is 13.0. The van der Waals surface area contributed by atoms with E-state index < -0.39 is 11.1 Å². The lowest BCUT2D eigenvalue weighted by Crippen LogP contribution is -2.44. The van der Waals surface area contributed by atoms with Crippen molar-refractivity contribution in [2.24, 2.45) is 0 Å². The number of carbonyl (C=O) groups excluding carboxylic acids is 3. The molecule has 2 aromatic carbocycles. The number of hydrogen-bond donors (Lipinski definition) is 0. The molecule has 0 unspecified atom stereocenters. The Morgan fingerprint density at radius 1 is 1.24 bits per heavy atom. The predicted octanol–water partition coefficient (Wildman–Crippen LogP) is 4.64. The first-order valence-electron chi connectivity index (χ1n) is 10.6. The lowest BCUT2D eigenvalue weighted by atomic mass is 10.00. The number of benzene rings is 2. The summed E-state index contributed by atoms with van der Waals surface area (Å²) in [4.78, 5) is 41.3. The predicted molar refractivity (Wildman–Crippen MR) is 135 cm³/mol. The Hall–Kier alpha value is -3.04. The van der Waals surface area contributed by atoms with E-state index in [9.17, 15) is 14.4 Å². The molecule has 1 fully saturated rings. The van der Waals surface area contributed by atoms with E-state index in [0.717, 1.165) is 28.6 Å². The van der Waals surface area contributed by atoms with E-state index in [-0.39, 0.29) is 17.4 Å². The molecule has 7 nitrogen and oxygen atoms in total. The third-order valence-electron chi connectivity index (χ3n) is 5.55. The van der Waals surface area contributed by atoms with Crippen molar-refractivity contribution in [1.29, 1.82) is 0 Å². The standard InChI is InChI=1S/C25H23BrN2O5S/c1-3-10-33-23-19(26)11-16(12-20(23)32-2)13-21-24(30)28(25(31)34-21)15-22(29)27-9-8-17-6-4-5-7-18(17)14-27/h3-7,11-13H,1,8-10,14-15H2,2H3/b21-13-. The van der Waals surface area contributed by atoms with Gasteiger partial charge in [0.2, 0.25) is 5.91 Å². The lowest BCUT2D eigenvalue weighted by molar-refractivity contribution is -0.136. The molecule has 4 rings (SSSR count). The van der Waals surface area contributed by atoms with Crippen molar-refractivity contribution in [3.63, 3.8) is 0 Å². The number of amides is 3. The topological polar surface area (TPSA) is 76.2 Å². The first-order chi connectivity index (χ1) is 16.4. The van der Waals surface area contributed by atoms with Gasteiger partial charge in [0.15, 0.2) is 11.5 Å². The minimum absolute atomic E-state index is 0.244. The van der Waals surface area contributed by atoms with Gasteiger partial charge in [0.25, 0.3) is 11.1 Å². The Bertz CT molecular complexity index is 1200. The number of rotatable bonds is 7. The highest BCUT2D eigenvalue weighted by Gasteiger charge is 2.37. The van der Waals surface area contributed by atoms with E-state index in [1.807, 2.05) is 18.2 Å². The van der Waals surface area contributed by atoms with Gasteiger partial charge in [0.05, 0.1) is 16.5 Å². The molecular weight excluding hydrogens is 520 g/mol. The molecular formula is C25H23BrN2O5S. The van der Waals surface area contributed by atoms with Crippen molar-refractivity contribution in [2.45, 2.75) is 13.0 Å². The van der Waals surface area contributed by atoms with Crippen LogP contribution in [0.3, 0.4) is 0 Å². The molecule has 2 aliphatic rings. The molecule has 176 valence electrons. The molecule has 0 saturated carbocycles. The molecule has 0 radical (unpaired) electrons. The number of methoxy groups -OCH3 is 1. The molecule has 1 saturated heterocycles. The normalized spacial score (nSPS) is 16.6. The quantitative estimate of drug-likeness (QED) is 0.374. The fraction of sp³-hybridized carbons (Fsp3) is 0.240. The molecule has 3 amide bonds. The van der Waals surface area contributed by atoms with Crippen LogP contribution in [0.4, 0.5) is 4.79 Å². The summed E-state index contributed by atoms with van der Waals surface area (Å²) in [6.45, 7) is 4.72. The van der Waals surface area contributed by atoms with Crippen molar-refractivity contribution in [3.05, 3.63) is 75.1 Å². The van der Waals surface area contributed by atoms with E-state index in [1.54, 1.807) is 29.2 Å². The van der Waals surface area contributed by atoms with Crippen LogP contribution in [0.1, 0.15) is 16.7 Å². The minimum atomic E-state index is -0.483. The minimum Gasteiger partial charge on any atom is -0.493 e. The van der Waals surface area contributed by atoms with Crippen molar-refractivity contribution in [1.82, 2.24) is 9.80 Å². The summed E-state index contributed by atoms with van der Waals surface area (Å²) in [5.41, 5.74) is 2.97. The van der Waals surface area contributed by atoms with Gasteiger partial charge in [-0.15, -0.1) is 0 Å². The van der Waals surface area contributed by atoms with E-state index in [1.165, 1.54) is 12.7 Å².